The number of pyridine rings is 1. The summed E-state index contributed by atoms with van der Waals surface area (Å²) in [5.41, 5.74) is 1.28. The Morgan fingerprint density at radius 1 is 1.26 bits per heavy atom. The number of aromatic nitrogens is 1. The first kappa shape index (κ1) is 17.7. The number of ether oxygens (including phenoxy) is 2. The summed E-state index contributed by atoms with van der Waals surface area (Å²) in [6.07, 6.45) is -0.199. The summed E-state index contributed by atoms with van der Waals surface area (Å²) in [6, 6.07) is 6.77. The molecule has 0 amide bonds. The molecule has 0 spiro atoms. The van der Waals surface area contributed by atoms with Crippen LogP contribution in [0.4, 0.5) is 0 Å². The minimum absolute atomic E-state index is 0.0290. The van der Waals surface area contributed by atoms with Gasteiger partial charge in [0.15, 0.2) is 5.78 Å². The van der Waals surface area contributed by atoms with E-state index in [9.17, 15) is 9.90 Å². The van der Waals surface area contributed by atoms with E-state index in [1.807, 2.05) is 13.8 Å². The van der Waals surface area contributed by atoms with Crippen LogP contribution in [0.2, 0.25) is 5.15 Å². The van der Waals surface area contributed by atoms with E-state index >= 15 is 0 Å². The van der Waals surface area contributed by atoms with Crippen LogP contribution in [-0.4, -0.2) is 41.8 Å². The number of hydrogen-bond acceptors (Lipinski definition) is 5. The van der Waals surface area contributed by atoms with E-state index in [1.54, 1.807) is 24.3 Å². The standard InChI is InChI=1S/C17H20ClNO4/c1-3-22-10-14(21)15(23-4-2)9-11-5-7-13(20)17-12(11)6-8-16(18)19-17/h5-8,15,20H,3-4,9-10H2,1-2H3. The van der Waals surface area contributed by atoms with Crippen molar-refractivity contribution in [3.63, 3.8) is 0 Å². The Hall–Kier alpha value is -1.69. The lowest BCUT2D eigenvalue weighted by Gasteiger charge is -2.17. The first-order chi connectivity index (χ1) is 11.1. The number of halogens is 1. The maximum atomic E-state index is 12.2. The van der Waals surface area contributed by atoms with Crippen molar-refractivity contribution in [2.75, 3.05) is 19.8 Å². The molecule has 0 aliphatic rings. The maximum absolute atomic E-state index is 12.2. The zero-order chi connectivity index (χ0) is 16.8. The highest BCUT2D eigenvalue weighted by Crippen LogP contribution is 2.28. The van der Waals surface area contributed by atoms with Crippen LogP contribution in [0.3, 0.4) is 0 Å². The molecule has 1 N–H and O–H groups in total. The summed E-state index contributed by atoms with van der Waals surface area (Å²) in [5, 5.41) is 11.0. The predicted octanol–water partition coefficient (Wildman–Crippen LogP) is 3.15. The van der Waals surface area contributed by atoms with Crippen molar-refractivity contribution in [3.8, 4) is 5.75 Å². The maximum Gasteiger partial charge on any atom is 0.187 e. The molecule has 1 atom stereocenters. The van der Waals surface area contributed by atoms with Crippen LogP contribution < -0.4 is 0 Å². The molecule has 0 aliphatic heterocycles. The Morgan fingerprint density at radius 2 is 2.04 bits per heavy atom. The molecule has 0 fully saturated rings. The summed E-state index contributed by atoms with van der Waals surface area (Å²) >= 11 is 5.89. The van der Waals surface area contributed by atoms with E-state index in [-0.39, 0.29) is 18.1 Å². The molecule has 1 unspecified atom stereocenters. The van der Waals surface area contributed by atoms with E-state index in [1.165, 1.54) is 0 Å². The van der Waals surface area contributed by atoms with Gasteiger partial charge in [-0.15, -0.1) is 0 Å². The van der Waals surface area contributed by atoms with Crippen LogP contribution in [0.5, 0.6) is 5.75 Å². The predicted molar refractivity (Wildman–Crippen MR) is 89.0 cm³/mol. The number of aromatic hydroxyl groups is 1. The first-order valence-electron chi connectivity index (χ1n) is 7.56. The summed E-state index contributed by atoms with van der Waals surface area (Å²) in [6.45, 7) is 4.63. The van der Waals surface area contributed by atoms with Gasteiger partial charge in [-0.25, -0.2) is 4.98 Å². The van der Waals surface area contributed by atoms with Gasteiger partial charge in [-0.2, -0.15) is 0 Å². The van der Waals surface area contributed by atoms with Gasteiger partial charge in [0.05, 0.1) is 0 Å². The summed E-state index contributed by atoms with van der Waals surface area (Å²) in [7, 11) is 0. The topological polar surface area (TPSA) is 68.7 Å². The molecular formula is C17H20ClNO4. The second-order valence-electron chi connectivity index (χ2n) is 5.03. The fourth-order valence-electron chi connectivity index (χ4n) is 2.38. The Bertz CT molecular complexity index is 690. The van der Waals surface area contributed by atoms with Crippen molar-refractivity contribution in [3.05, 3.63) is 35.0 Å². The molecule has 0 saturated heterocycles. The van der Waals surface area contributed by atoms with E-state index in [4.69, 9.17) is 21.1 Å². The third kappa shape index (κ3) is 4.41. The molecule has 5 nitrogen and oxygen atoms in total. The van der Waals surface area contributed by atoms with Gasteiger partial charge in [0, 0.05) is 25.0 Å². The Kier molecular flexibility index (Phi) is 6.33. The third-order valence-corrected chi connectivity index (χ3v) is 3.68. The highest BCUT2D eigenvalue weighted by atomic mass is 35.5. The average molecular weight is 338 g/mol. The second-order valence-corrected chi connectivity index (χ2v) is 5.41. The average Bonchev–Trinajstić information content (AvgIpc) is 2.54. The summed E-state index contributed by atoms with van der Waals surface area (Å²) in [4.78, 5) is 16.4. The number of rotatable bonds is 8. The van der Waals surface area contributed by atoms with Crippen LogP contribution in [0.25, 0.3) is 10.9 Å². The van der Waals surface area contributed by atoms with Gasteiger partial charge in [-0.05, 0) is 37.6 Å². The van der Waals surface area contributed by atoms with Gasteiger partial charge in [0.1, 0.15) is 29.1 Å². The lowest BCUT2D eigenvalue weighted by molar-refractivity contribution is -0.134. The highest BCUT2D eigenvalue weighted by Gasteiger charge is 2.21. The van der Waals surface area contributed by atoms with Crippen molar-refractivity contribution in [2.24, 2.45) is 0 Å². The molecule has 2 aromatic rings. The zero-order valence-corrected chi connectivity index (χ0v) is 14.0. The van der Waals surface area contributed by atoms with Gasteiger partial charge >= 0.3 is 0 Å². The normalized spacial score (nSPS) is 12.5. The molecule has 124 valence electrons. The number of nitrogens with zero attached hydrogens (tertiary/aromatic N) is 1. The first-order valence-corrected chi connectivity index (χ1v) is 7.93. The molecule has 23 heavy (non-hydrogen) atoms. The largest absolute Gasteiger partial charge is 0.506 e. The second kappa shape index (κ2) is 8.24. The Morgan fingerprint density at radius 3 is 2.74 bits per heavy atom. The molecule has 0 aliphatic carbocycles. The van der Waals surface area contributed by atoms with Crippen LogP contribution >= 0.6 is 11.6 Å². The summed E-state index contributed by atoms with van der Waals surface area (Å²) in [5.74, 6) is -0.0447. The van der Waals surface area contributed by atoms with Crippen molar-refractivity contribution in [1.82, 2.24) is 4.98 Å². The van der Waals surface area contributed by atoms with Crippen LogP contribution in [0.1, 0.15) is 19.4 Å². The fourth-order valence-corrected chi connectivity index (χ4v) is 2.53. The van der Waals surface area contributed by atoms with Crippen molar-refractivity contribution in [2.45, 2.75) is 26.4 Å². The highest BCUT2D eigenvalue weighted by molar-refractivity contribution is 6.29. The van der Waals surface area contributed by atoms with Gasteiger partial charge in [0.25, 0.3) is 0 Å². The molecular weight excluding hydrogens is 318 g/mol. The van der Waals surface area contributed by atoms with E-state index in [0.29, 0.717) is 30.3 Å². The van der Waals surface area contributed by atoms with Crippen molar-refractivity contribution in [1.29, 1.82) is 0 Å². The number of carbonyl (C=O) groups excluding carboxylic acids is 1. The van der Waals surface area contributed by atoms with E-state index in [0.717, 1.165) is 10.9 Å². The fraction of sp³-hybridized carbons (Fsp3) is 0.412. The lowest BCUT2D eigenvalue weighted by atomic mass is 10.00. The van der Waals surface area contributed by atoms with Crippen LogP contribution in [0.15, 0.2) is 24.3 Å². The number of ketones is 1. The molecule has 2 rings (SSSR count). The van der Waals surface area contributed by atoms with Crippen molar-refractivity contribution >= 4 is 28.3 Å². The number of phenols is 1. The number of Topliss-reactive ketones (excluding diaryl/α,β-unsaturated/α-hetero) is 1. The quantitative estimate of drug-likeness (QED) is 0.749. The SMILES string of the molecule is CCOCC(=O)C(Cc1ccc(O)c2nc(Cl)ccc12)OCC. The van der Waals surface area contributed by atoms with Gasteiger partial charge < -0.3 is 14.6 Å². The number of hydrogen-bond donors (Lipinski definition) is 1. The summed E-state index contributed by atoms with van der Waals surface area (Å²) < 4.78 is 10.8. The van der Waals surface area contributed by atoms with Crippen molar-refractivity contribution < 1.29 is 19.4 Å². The minimum atomic E-state index is -0.588. The van der Waals surface area contributed by atoms with Gasteiger partial charge in [-0.3, -0.25) is 4.79 Å². The zero-order valence-electron chi connectivity index (χ0n) is 13.2. The number of carbonyl (C=O) groups is 1. The lowest BCUT2D eigenvalue weighted by Crippen LogP contribution is -2.30. The van der Waals surface area contributed by atoms with Crippen LogP contribution in [0, 0.1) is 0 Å². The number of fused-ring (bicyclic) bond motifs is 1. The Balaban J connectivity index is 2.31. The molecule has 0 radical (unpaired) electrons. The van der Waals surface area contributed by atoms with E-state index in [2.05, 4.69) is 4.98 Å². The molecule has 6 heteroatoms. The molecule has 1 aromatic carbocycles. The Labute approximate surface area is 140 Å². The monoisotopic (exact) mass is 337 g/mol. The van der Waals surface area contributed by atoms with Crippen LogP contribution in [-0.2, 0) is 20.7 Å². The molecule has 1 aromatic heterocycles. The number of phenolic OH excluding ortho intramolecular Hbond substituents is 1. The number of benzene rings is 1. The van der Waals surface area contributed by atoms with Gasteiger partial charge in [-0.1, -0.05) is 17.7 Å². The van der Waals surface area contributed by atoms with Gasteiger partial charge in [0.2, 0.25) is 0 Å². The third-order valence-electron chi connectivity index (χ3n) is 3.47. The molecule has 0 bridgehead atoms. The molecule has 0 saturated carbocycles. The smallest absolute Gasteiger partial charge is 0.187 e. The minimum Gasteiger partial charge on any atom is -0.506 e. The molecule has 1 heterocycles. The van der Waals surface area contributed by atoms with E-state index < -0.39 is 6.10 Å².